The molecule has 4 heteroatoms. The molecule has 0 saturated carbocycles. The summed E-state index contributed by atoms with van der Waals surface area (Å²) in [7, 11) is 0. The minimum Gasteiger partial charge on any atom is -0.469 e. The van der Waals surface area contributed by atoms with Gasteiger partial charge in [0.2, 0.25) is 0 Å². The lowest BCUT2D eigenvalue weighted by Gasteiger charge is -2.13. The van der Waals surface area contributed by atoms with Gasteiger partial charge in [0.1, 0.15) is 5.76 Å². The van der Waals surface area contributed by atoms with Crippen molar-refractivity contribution in [3.63, 3.8) is 0 Å². The largest absolute Gasteiger partial charge is 0.469 e. The third-order valence-corrected chi connectivity index (χ3v) is 3.21. The smallest absolute Gasteiger partial charge is 0.251 e. The minimum atomic E-state index is -0.0627. The van der Waals surface area contributed by atoms with E-state index in [0.29, 0.717) is 12.1 Å². The van der Waals surface area contributed by atoms with Gasteiger partial charge in [-0.3, -0.25) is 4.79 Å². The van der Waals surface area contributed by atoms with Crippen LogP contribution in [-0.2, 0) is 13.0 Å². The highest BCUT2D eigenvalue weighted by molar-refractivity contribution is 5.94. The van der Waals surface area contributed by atoms with Crippen molar-refractivity contribution in [2.75, 3.05) is 0 Å². The Kier molecular flexibility index (Phi) is 4.96. The molecule has 0 bridgehead atoms. The molecule has 0 fully saturated rings. The zero-order valence-electron chi connectivity index (χ0n) is 11.6. The Morgan fingerprint density at radius 3 is 2.90 bits per heavy atom. The minimum absolute atomic E-state index is 0.0627. The first-order valence-electron chi connectivity index (χ1n) is 6.81. The maximum absolute atomic E-state index is 12.1. The number of carbonyl (C=O) groups is 1. The van der Waals surface area contributed by atoms with Crippen LogP contribution in [-0.4, -0.2) is 11.9 Å². The number of hydrogen-bond acceptors (Lipinski definition) is 3. The van der Waals surface area contributed by atoms with Gasteiger partial charge in [-0.25, -0.2) is 0 Å². The molecule has 0 spiro atoms. The highest BCUT2D eigenvalue weighted by atomic mass is 16.3. The van der Waals surface area contributed by atoms with E-state index < -0.39 is 0 Å². The molecule has 3 N–H and O–H groups in total. The van der Waals surface area contributed by atoms with E-state index in [-0.39, 0.29) is 11.9 Å². The number of nitrogens with two attached hydrogens (primary N) is 1. The van der Waals surface area contributed by atoms with Crippen LogP contribution in [0.4, 0.5) is 0 Å². The number of hydrogen-bond donors (Lipinski definition) is 2. The van der Waals surface area contributed by atoms with Crippen LogP contribution in [0.15, 0.2) is 47.1 Å². The summed E-state index contributed by atoms with van der Waals surface area (Å²) in [6.45, 7) is 2.43. The molecule has 0 radical (unpaired) electrons. The van der Waals surface area contributed by atoms with Crippen LogP contribution in [0.25, 0.3) is 0 Å². The second kappa shape index (κ2) is 6.91. The predicted molar refractivity (Wildman–Crippen MR) is 78.3 cm³/mol. The van der Waals surface area contributed by atoms with Crippen LogP contribution in [0.3, 0.4) is 0 Å². The van der Waals surface area contributed by atoms with E-state index in [2.05, 4.69) is 5.32 Å². The lowest BCUT2D eigenvalue weighted by atomic mass is 10.1. The Balaban J connectivity index is 1.86. The number of aryl methyl sites for hydroxylation is 1. The van der Waals surface area contributed by atoms with Gasteiger partial charge in [-0.15, -0.1) is 0 Å². The monoisotopic (exact) mass is 272 g/mol. The fourth-order valence-corrected chi connectivity index (χ4v) is 2.03. The van der Waals surface area contributed by atoms with Crippen molar-refractivity contribution in [2.45, 2.75) is 32.4 Å². The Hall–Kier alpha value is -2.07. The van der Waals surface area contributed by atoms with Gasteiger partial charge in [-0.05, 0) is 43.2 Å². The molecule has 106 valence electrons. The topological polar surface area (TPSA) is 68.3 Å². The molecule has 1 aromatic heterocycles. The van der Waals surface area contributed by atoms with Crippen molar-refractivity contribution in [1.82, 2.24) is 5.32 Å². The maximum atomic E-state index is 12.1. The first kappa shape index (κ1) is 14.3. The zero-order chi connectivity index (χ0) is 14.4. The standard InChI is InChI=1S/C16H20N2O2/c1-12(7-8-15-6-3-9-20-15)18-16(19)14-5-2-4-13(10-14)11-17/h2-6,9-10,12H,7-8,11,17H2,1H3,(H,18,19). The molecule has 1 atom stereocenters. The first-order valence-corrected chi connectivity index (χ1v) is 6.81. The third kappa shape index (κ3) is 3.96. The third-order valence-electron chi connectivity index (χ3n) is 3.21. The van der Waals surface area contributed by atoms with Gasteiger partial charge < -0.3 is 15.5 Å². The van der Waals surface area contributed by atoms with Crippen LogP contribution in [0.2, 0.25) is 0 Å². The Morgan fingerprint density at radius 2 is 2.20 bits per heavy atom. The fourth-order valence-electron chi connectivity index (χ4n) is 2.03. The number of amides is 1. The van der Waals surface area contributed by atoms with Crippen LogP contribution in [0, 0.1) is 0 Å². The molecule has 2 aromatic rings. The SMILES string of the molecule is CC(CCc1ccco1)NC(=O)c1cccc(CN)c1. The van der Waals surface area contributed by atoms with Crippen LogP contribution in [0.5, 0.6) is 0 Å². The molecule has 0 aliphatic carbocycles. The second-order valence-corrected chi connectivity index (χ2v) is 4.90. The van der Waals surface area contributed by atoms with Gasteiger partial charge in [-0.1, -0.05) is 12.1 Å². The predicted octanol–water partition coefficient (Wildman–Crippen LogP) is 2.49. The van der Waals surface area contributed by atoms with E-state index in [9.17, 15) is 4.79 Å². The van der Waals surface area contributed by atoms with Crippen molar-refractivity contribution < 1.29 is 9.21 Å². The Bertz CT molecular complexity index is 549. The van der Waals surface area contributed by atoms with Crippen LogP contribution in [0.1, 0.15) is 35.0 Å². The molecule has 20 heavy (non-hydrogen) atoms. The summed E-state index contributed by atoms with van der Waals surface area (Å²) in [4.78, 5) is 12.1. The summed E-state index contributed by atoms with van der Waals surface area (Å²) in [6, 6.07) is 11.3. The van der Waals surface area contributed by atoms with Gasteiger partial charge in [0.25, 0.3) is 5.91 Å². The molecule has 0 aliphatic heterocycles. The number of nitrogens with one attached hydrogen (secondary N) is 1. The lowest BCUT2D eigenvalue weighted by molar-refractivity contribution is 0.0938. The average molecular weight is 272 g/mol. The molecule has 1 aromatic carbocycles. The van der Waals surface area contributed by atoms with E-state index in [1.807, 2.05) is 37.3 Å². The van der Waals surface area contributed by atoms with Crippen LogP contribution >= 0.6 is 0 Å². The summed E-state index contributed by atoms with van der Waals surface area (Å²) in [6.07, 6.45) is 3.32. The quantitative estimate of drug-likeness (QED) is 0.849. The maximum Gasteiger partial charge on any atom is 0.251 e. The molecule has 1 heterocycles. The second-order valence-electron chi connectivity index (χ2n) is 4.90. The van der Waals surface area contributed by atoms with E-state index in [0.717, 1.165) is 24.2 Å². The van der Waals surface area contributed by atoms with E-state index >= 15 is 0 Å². The summed E-state index contributed by atoms with van der Waals surface area (Å²) >= 11 is 0. The van der Waals surface area contributed by atoms with Gasteiger partial charge in [0, 0.05) is 24.6 Å². The first-order chi connectivity index (χ1) is 9.69. The van der Waals surface area contributed by atoms with Gasteiger partial charge in [0.15, 0.2) is 0 Å². The molecule has 4 nitrogen and oxygen atoms in total. The Morgan fingerprint density at radius 1 is 1.35 bits per heavy atom. The number of furan rings is 1. The summed E-state index contributed by atoms with van der Waals surface area (Å²) in [5.41, 5.74) is 7.19. The number of benzene rings is 1. The number of rotatable bonds is 6. The Labute approximate surface area is 119 Å². The summed E-state index contributed by atoms with van der Waals surface area (Å²) in [5.74, 6) is 0.878. The van der Waals surface area contributed by atoms with Crippen molar-refractivity contribution in [3.8, 4) is 0 Å². The highest BCUT2D eigenvalue weighted by Gasteiger charge is 2.10. The van der Waals surface area contributed by atoms with Crippen molar-refractivity contribution >= 4 is 5.91 Å². The molecule has 1 unspecified atom stereocenters. The summed E-state index contributed by atoms with van der Waals surface area (Å²) in [5, 5.41) is 2.99. The lowest BCUT2D eigenvalue weighted by Crippen LogP contribution is -2.32. The molecule has 1 amide bonds. The van der Waals surface area contributed by atoms with Gasteiger partial charge >= 0.3 is 0 Å². The van der Waals surface area contributed by atoms with Gasteiger partial charge in [0.05, 0.1) is 6.26 Å². The van der Waals surface area contributed by atoms with Crippen LogP contribution < -0.4 is 11.1 Å². The normalized spacial score (nSPS) is 12.1. The van der Waals surface area contributed by atoms with E-state index in [1.54, 1.807) is 12.3 Å². The van der Waals surface area contributed by atoms with Gasteiger partial charge in [-0.2, -0.15) is 0 Å². The molecular weight excluding hydrogens is 252 g/mol. The highest BCUT2D eigenvalue weighted by Crippen LogP contribution is 2.08. The summed E-state index contributed by atoms with van der Waals surface area (Å²) < 4.78 is 5.28. The van der Waals surface area contributed by atoms with Crippen molar-refractivity contribution in [1.29, 1.82) is 0 Å². The van der Waals surface area contributed by atoms with E-state index in [1.165, 1.54) is 0 Å². The molecule has 0 aliphatic rings. The zero-order valence-corrected chi connectivity index (χ0v) is 11.6. The fraction of sp³-hybridized carbons (Fsp3) is 0.312. The average Bonchev–Trinajstić information content (AvgIpc) is 2.98. The van der Waals surface area contributed by atoms with Crippen molar-refractivity contribution in [3.05, 3.63) is 59.5 Å². The van der Waals surface area contributed by atoms with Crippen molar-refractivity contribution in [2.24, 2.45) is 5.73 Å². The van der Waals surface area contributed by atoms with E-state index in [4.69, 9.17) is 10.2 Å². The molecule has 2 rings (SSSR count). The number of carbonyl (C=O) groups excluding carboxylic acids is 1. The molecule has 0 saturated heterocycles. The molecular formula is C16H20N2O2.